The number of halogens is 3. The Morgan fingerprint density at radius 2 is 1.70 bits per heavy atom. The minimum absolute atomic E-state index is 0.124. The summed E-state index contributed by atoms with van der Waals surface area (Å²) in [6, 6.07) is 3.70. The molecule has 1 aromatic rings. The Morgan fingerprint density at radius 3 is 2.26 bits per heavy atom. The van der Waals surface area contributed by atoms with Crippen LogP contribution in [0, 0.1) is 5.92 Å². The molecular weight excluding hydrogens is 381 g/mol. The summed E-state index contributed by atoms with van der Waals surface area (Å²) < 4.78 is 71.7. The maximum Gasteiger partial charge on any atom is 0.416 e. The monoisotopic (exact) mass is 404 g/mol. The molecule has 2 heterocycles. The van der Waals surface area contributed by atoms with Gasteiger partial charge in [0.2, 0.25) is 10.0 Å². The van der Waals surface area contributed by atoms with Crippen molar-refractivity contribution in [2.45, 2.75) is 42.5 Å². The van der Waals surface area contributed by atoms with Crippen molar-refractivity contribution in [2.24, 2.45) is 5.92 Å². The quantitative estimate of drug-likeness (QED) is 0.774. The molecule has 150 valence electrons. The Bertz CT molecular complexity index is 783. The first-order valence-corrected chi connectivity index (χ1v) is 10.7. The van der Waals surface area contributed by atoms with Crippen molar-refractivity contribution in [2.75, 3.05) is 32.8 Å². The van der Waals surface area contributed by atoms with Crippen LogP contribution in [0.2, 0.25) is 0 Å². The molecule has 0 bridgehead atoms. The van der Waals surface area contributed by atoms with Crippen LogP contribution >= 0.6 is 0 Å². The first kappa shape index (κ1) is 19.2. The van der Waals surface area contributed by atoms with Crippen LogP contribution < -0.4 is 0 Å². The molecule has 27 heavy (non-hydrogen) atoms. The molecule has 1 saturated carbocycles. The second-order valence-electron chi connectivity index (χ2n) is 7.64. The fraction of sp³-hybridized carbons (Fsp3) is 0.667. The van der Waals surface area contributed by atoms with Crippen molar-refractivity contribution in [3.63, 3.8) is 0 Å². The lowest BCUT2D eigenvalue weighted by molar-refractivity contribution is -0.137. The van der Waals surface area contributed by atoms with Gasteiger partial charge < -0.3 is 9.64 Å². The van der Waals surface area contributed by atoms with Crippen LogP contribution in [0.25, 0.3) is 0 Å². The molecule has 3 aliphatic rings. The molecule has 0 N–H and O–H groups in total. The molecule has 0 amide bonds. The molecule has 0 unspecified atom stereocenters. The van der Waals surface area contributed by atoms with E-state index in [1.807, 2.05) is 0 Å². The average Bonchev–Trinajstić information content (AvgIpc) is 3.35. The van der Waals surface area contributed by atoms with E-state index in [2.05, 4.69) is 4.90 Å². The number of hydrogen-bond donors (Lipinski definition) is 0. The SMILES string of the molecule is O=S(=O)(c1ccc(C(F)(F)F)cc1)N1CCOC12CCN(CC1CC1)CC2. The van der Waals surface area contributed by atoms with Gasteiger partial charge in [-0.05, 0) is 43.0 Å². The lowest BCUT2D eigenvalue weighted by Crippen LogP contribution is -2.55. The molecule has 1 aromatic carbocycles. The van der Waals surface area contributed by atoms with Gasteiger partial charge in [0.25, 0.3) is 0 Å². The zero-order valence-corrected chi connectivity index (χ0v) is 15.7. The Kier molecular flexibility index (Phi) is 4.77. The third-order valence-corrected chi connectivity index (χ3v) is 7.70. The van der Waals surface area contributed by atoms with Crippen molar-refractivity contribution in [3.8, 4) is 0 Å². The van der Waals surface area contributed by atoms with E-state index in [0.717, 1.165) is 49.8 Å². The molecule has 2 saturated heterocycles. The fourth-order valence-electron chi connectivity index (χ4n) is 4.02. The molecule has 1 aliphatic carbocycles. The molecule has 0 aromatic heterocycles. The van der Waals surface area contributed by atoms with Gasteiger partial charge in [-0.3, -0.25) is 0 Å². The number of rotatable bonds is 4. The van der Waals surface area contributed by atoms with E-state index < -0.39 is 27.5 Å². The Balaban J connectivity index is 1.52. The average molecular weight is 404 g/mol. The van der Waals surface area contributed by atoms with E-state index in [0.29, 0.717) is 19.4 Å². The van der Waals surface area contributed by atoms with Crippen LogP contribution in [-0.4, -0.2) is 56.1 Å². The Hall–Kier alpha value is -1.16. The van der Waals surface area contributed by atoms with Crippen LogP contribution in [0.15, 0.2) is 29.2 Å². The predicted octanol–water partition coefficient (Wildman–Crippen LogP) is 2.93. The molecule has 3 fully saturated rings. The fourth-order valence-corrected chi connectivity index (χ4v) is 5.74. The zero-order chi connectivity index (χ0) is 19.3. The van der Waals surface area contributed by atoms with E-state index in [1.165, 1.54) is 17.1 Å². The van der Waals surface area contributed by atoms with Gasteiger partial charge >= 0.3 is 6.18 Å². The highest BCUT2D eigenvalue weighted by Gasteiger charge is 2.50. The van der Waals surface area contributed by atoms with Crippen molar-refractivity contribution in [3.05, 3.63) is 29.8 Å². The number of alkyl halides is 3. The van der Waals surface area contributed by atoms with Gasteiger partial charge in [-0.25, -0.2) is 8.42 Å². The lowest BCUT2D eigenvalue weighted by Gasteiger charge is -2.43. The number of sulfonamides is 1. The van der Waals surface area contributed by atoms with E-state index in [1.54, 1.807) is 0 Å². The van der Waals surface area contributed by atoms with Crippen LogP contribution in [-0.2, 0) is 20.9 Å². The second-order valence-corrected chi connectivity index (χ2v) is 9.50. The van der Waals surface area contributed by atoms with Crippen LogP contribution in [0.1, 0.15) is 31.2 Å². The van der Waals surface area contributed by atoms with Gasteiger partial charge in [0.15, 0.2) is 0 Å². The van der Waals surface area contributed by atoms with Gasteiger partial charge in [0, 0.05) is 39.0 Å². The minimum Gasteiger partial charge on any atom is -0.358 e. The summed E-state index contributed by atoms with van der Waals surface area (Å²) in [6.07, 6.45) is -0.785. The molecule has 2 aliphatic heterocycles. The highest BCUT2D eigenvalue weighted by Crippen LogP contribution is 2.40. The second kappa shape index (κ2) is 6.72. The summed E-state index contributed by atoms with van der Waals surface area (Å²) in [5, 5.41) is 0. The summed E-state index contributed by atoms with van der Waals surface area (Å²) in [5.74, 6) is 0.774. The highest BCUT2D eigenvalue weighted by atomic mass is 32.2. The Labute approximate surface area is 157 Å². The number of hydrogen-bond acceptors (Lipinski definition) is 4. The minimum atomic E-state index is -4.49. The molecule has 0 atom stereocenters. The summed E-state index contributed by atoms with van der Waals surface area (Å²) in [4.78, 5) is 2.23. The van der Waals surface area contributed by atoms with E-state index in [9.17, 15) is 21.6 Å². The molecular formula is C18H23F3N2O3S. The van der Waals surface area contributed by atoms with Crippen molar-refractivity contribution in [1.29, 1.82) is 0 Å². The van der Waals surface area contributed by atoms with Crippen molar-refractivity contribution in [1.82, 2.24) is 9.21 Å². The van der Waals surface area contributed by atoms with Crippen LogP contribution in [0.3, 0.4) is 0 Å². The maximum atomic E-state index is 13.1. The van der Waals surface area contributed by atoms with Crippen LogP contribution in [0.5, 0.6) is 0 Å². The first-order valence-electron chi connectivity index (χ1n) is 9.27. The lowest BCUT2D eigenvalue weighted by atomic mass is 10.0. The topological polar surface area (TPSA) is 49.9 Å². The summed E-state index contributed by atoms with van der Waals surface area (Å²) in [7, 11) is -3.91. The largest absolute Gasteiger partial charge is 0.416 e. The van der Waals surface area contributed by atoms with Gasteiger partial charge in [0.1, 0.15) is 5.72 Å². The standard InChI is InChI=1S/C18H23F3N2O3S/c19-18(20,21)15-3-5-16(6-4-15)27(24,25)23-11-12-26-17(23)7-9-22(10-8-17)13-14-1-2-14/h3-6,14H,1-2,7-13H2. The van der Waals surface area contributed by atoms with Crippen LogP contribution in [0.4, 0.5) is 13.2 Å². The van der Waals surface area contributed by atoms with E-state index >= 15 is 0 Å². The molecule has 0 radical (unpaired) electrons. The smallest absolute Gasteiger partial charge is 0.358 e. The number of likely N-dealkylation sites (tertiary alicyclic amines) is 1. The normalized spacial score (nSPS) is 24.6. The molecule has 9 heteroatoms. The maximum absolute atomic E-state index is 13.1. The summed E-state index contributed by atoms with van der Waals surface area (Å²) >= 11 is 0. The number of benzene rings is 1. The van der Waals surface area contributed by atoms with Crippen molar-refractivity contribution < 1.29 is 26.3 Å². The van der Waals surface area contributed by atoms with Gasteiger partial charge in [-0.1, -0.05) is 0 Å². The number of piperidine rings is 1. The molecule has 1 spiro atoms. The van der Waals surface area contributed by atoms with Crippen molar-refractivity contribution >= 4 is 10.0 Å². The third kappa shape index (κ3) is 3.74. The van der Waals surface area contributed by atoms with Gasteiger partial charge in [0.05, 0.1) is 17.1 Å². The van der Waals surface area contributed by atoms with Gasteiger partial charge in [-0.15, -0.1) is 0 Å². The first-order chi connectivity index (χ1) is 12.7. The molecule has 5 nitrogen and oxygen atoms in total. The molecule has 4 rings (SSSR count). The van der Waals surface area contributed by atoms with E-state index in [-0.39, 0.29) is 11.4 Å². The highest BCUT2D eigenvalue weighted by molar-refractivity contribution is 7.89. The van der Waals surface area contributed by atoms with Gasteiger partial charge in [-0.2, -0.15) is 17.5 Å². The Morgan fingerprint density at radius 1 is 1.07 bits per heavy atom. The summed E-state index contributed by atoms with van der Waals surface area (Å²) in [5.41, 5.74) is -1.73. The zero-order valence-electron chi connectivity index (χ0n) is 14.9. The summed E-state index contributed by atoms with van der Waals surface area (Å²) in [6.45, 7) is 3.14. The van der Waals surface area contributed by atoms with E-state index in [4.69, 9.17) is 4.74 Å². The number of nitrogens with zero attached hydrogens (tertiary/aromatic N) is 2. The predicted molar refractivity (Wildman–Crippen MR) is 92.4 cm³/mol. The third-order valence-electron chi connectivity index (χ3n) is 5.74. The number of ether oxygens (including phenoxy) is 1.